The van der Waals surface area contributed by atoms with Crippen LogP contribution in [0.25, 0.3) is 0 Å². The van der Waals surface area contributed by atoms with Crippen LogP contribution in [0, 0.1) is 0 Å². The summed E-state index contributed by atoms with van der Waals surface area (Å²) in [5.74, 6) is 0. The summed E-state index contributed by atoms with van der Waals surface area (Å²) in [5.41, 5.74) is 5.38. The molecule has 13 N–H and O–H groups in total. The predicted octanol–water partition coefficient (Wildman–Crippen LogP) is -7.25. The number of methoxy groups -OCH3 is 1. The van der Waals surface area contributed by atoms with E-state index >= 15 is 0 Å². The lowest BCUT2D eigenvalue weighted by Crippen LogP contribution is -2.67. The molecule has 0 spiro atoms. The summed E-state index contributed by atoms with van der Waals surface area (Å²) >= 11 is 0. The first-order valence-corrected chi connectivity index (χ1v) is 14.6. The molecule has 0 aromatic rings. The van der Waals surface area contributed by atoms with E-state index in [1.165, 1.54) is 7.11 Å². The molecule has 0 radical (unpaired) electrons. The van der Waals surface area contributed by atoms with E-state index in [1.54, 1.807) is 0 Å². The number of carbonyl (C=O) groups excluding carboxylic acids is 1. The largest absolute Gasteiger partial charge is 0.394 e. The van der Waals surface area contributed by atoms with E-state index in [9.17, 15) is 50.8 Å². The van der Waals surface area contributed by atoms with Crippen molar-refractivity contribution in [3.63, 3.8) is 0 Å². The Hall–Kier alpha value is -1.41. The van der Waals surface area contributed by atoms with Gasteiger partial charge in [0.1, 0.15) is 73.2 Å². The second kappa shape index (κ2) is 18.2. The molecule has 0 aromatic heterocycles. The molecule has 3 saturated heterocycles. The molecule has 0 bridgehead atoms. The highest BCUT2D eigenvalue weighted by atomic mass is 16.8. The molecule has 3 aliphatic heterocycles. The van der Waals surface area contributed by atoms with Crippen LogP contribution in [0.5, 0.6) is 0 Å². The van der Waals surface area contributed by atoms with Gasteiger partial charge in [-0.1, -0.05) is 0 Å². The minimum atomic E-state index is -1.84. The number of hydrogen-bond acceptors (Lipinski definition) is 18. The van der Waals surface area contributed by atoms with Gasteiger partial charge in [-0.05, 0) is 13.0 Å². The lowest BCUT2D eigenvalue weighted by molar-refractivity contribution is -0.382. The van der Waals surface area contributed by atoms with Crippen LogP contribution in [0.1, 0.15) is 6.42 Å². The van der Waals surface area contributed by atoms with E-state index in [4.69, 9.17) is 38.9 Å². The second-order valence-corrected chi connectivity index (χ2v) is 10.7. The molecule has 9 unspecified atom stereocenters. The number of aliphatic hydroxyl groups is 9. The van der Waals surface area contributed by atoms with Crippen molar-refractivity contribution in [1.29, 1.82) is 0 Å². The van der Waals surface area contributed by atoms with Crippen molar-refractivity contribution < 1.29 is 83.9 Å². The topological polar surface area (TPSA) is 314 Å². The van der Waals surface area contributed by atoms with Crippen LogP contribution in [0.15, 0.2) is 0 Å². The zero-order valence-electron chi connectivity index (χ0n) is 24.7. The van der Waals surface area contributed by atoms with E-state index in [0.29, 0.717) is 19.5 Å². The Morgan fingerprint density at radius 2 is 1.20 bits per heavy atom. The highest BCUT2D eigenvalue weighted by Crippen LogP contribution is 2.33. The van der Waals surface area contributed by atoms with Gasteiger partial charge in [-0.15, -0.1) is 0 Å². The summed E-state index contributed by atoms with van der Waals surface area (Å²) in [7, 11) is 1.21. The second-order valence-electron chi connectivity index (χ2n) is 10.7. The average Bonchev–Trinajstić information content (AvgIpc) is 3.03. The monoisotopic (exact) mass is 661 g/mol. The third-order valence-electron chi connectivity index (χ3n) is 7.66. The van der Waals surface area contributed by atoms with Gasteiger partial charge in [-0.2, -0.15) is 0 Å². The van der Waals surface area contributed by atoms with Gasteiger partial charge in [0.05, 0.1) is 26.4 Å². The van der Waals surface area contributed by atoms with E-state index in [2.05, 4.69) is 10.6 Å². The van der Waals surface area contributed by atoms with Crippen LogP contribution in [0.3, 0.4) is 0 Å². The first-order chi connectivity index (χ1) is 21.5. The van der Waals surface area contributed by atoms with Crippen LogP contribution in [0.2, 0.25) is 0 Å². The molecule has 45 heavy (non-hydrogen) atoms. The van der Waals surface area contributed by atoms with Crippen molar-refractivity contribution in [2.75, 3.05) is 53.2 Å². The van der Waals surface area contributed by atoms with Crippen molar-refractivity contribution in [1.82, 2.24) is 10.6 Å². The summed E-state index contributed by atoms with van der Waals surface area (Å²) in [4.78, 5) is 11.8. The lowest BCUT2D eigenvalue weighted by Gasteiger charge is -2.48. The Bertz CT molecular complexity index is 879. The summed E-state index contributed by atoms with van der Waals surface area (Å²) in [6.07, 6.45) is -23.1. The highest BCUT2D eigenvalue weighted by Gasteiger charge is 2.54. The number of ether oxygens (including phenoxy) is 7. The molecule has 3 heterocycles. The van der Waals surface area contributed by atoms with Crippen LogP contribution in [-0.4, -0.2) is 197 Å². The molecule has 3 fully saturated rings. The maximum absolute atomic E-state index is 11.8. The summed E-state index contributed by atoms with van der Waals surface area (Å²) in [5, 5.41) is 98.0. The van der Waals surface area contributed by atoms with Crippen LogP contribution >= 0.6 is 0 Å². The minimum absolute atomic E-state index is 0.00306. The van der Waals surface area contributed by atoms with Gasteiger partial charge in [-0.3, -0.25) is 0 Å². The van der Waals surface area contributed by atoms with Crippen molar-refractivity contribution in [2.45, 2.75) is 98.5 Å². The number of aliphatic hydroxyl groups excluding tert-OH is 9. The molecule has 0 aromatic carbocycles. The van der Waals surface area contributed by atoms with Gasteiger partial charge in [0.25, 0.3) is 0 Å². The molecule has 20 nitrogen and oxygen atoms in total. The Kier molecular flexibility index (Phi) is 15.4. The van der Waals surface area contributed by atoms with E-state index in [1.807, 2.05) is 0 Å². The highest BCUT2D eigenvalue weighted by molar-refractivity contribution is 5.73. The molecular weight excluding hydrogens is 614 g/mol. The maximum atomic E-state index is 11.8. The maximum Gasteiger partial charge on any atom is 0.314 e. The van der Waals surface area contributed by atoms with Gasteiger partial charge in [-0.25, -0.2) is 4.79 Å². The Balaban J connectivity index is 1.70. The summed E-state index contributed by atoms with van der Waals surface area (Å²) in [6.45, 7) is -1.55. The van der Waals surface area contributed by atoms with E-state index < -0.39 is 118 Å². The number of nitrogens with two attached hydrogens (primary N) is 1. The average molecular weight is 662 g/mol. The predicted molar refractivity (Wildman–Crippen MR) is 145 cm³/mol. The molecule has 0 aliphatic carbocycles. The smallest absolute Gasteiger partial charge is 0.314 e. The fraction of sp³-hybridized carbons (Fsp3) is 0.960. The Labute approximate surface area is 258 Å². The Morgan fingerprint density at radius 3 is 1.82 bits per heavy atom. The molecule has 3 rings (SSSR count). The van der Waals surface area contributed by atoms with Crippen molar-refractivity contribution in [3.05, 3.63) is 0 Å². The van der Waals surface area contributed by atoms with Gasteiger partial charge >= 0.3 is 6.03 Å². The van der Waals surface area contributed by atoms with Gasteiger partial charge in [0.2, 0.25) is 0 Å². The summed E-state index contributed by atoms with van der Waals surface area (Å²) < 4.78 is 38.9. The quantitative estimate of drug-likeness (QED) is 0.0725. The third-order valence-corrected chi connectivity index (χ3v) is 7.66. The SMILES string of the molecule is CO[C@@H]1C(CO)O[C@H](OC2C(O)[C@@H](OCCNC(=O)NCCCN)OC(CO)[C@H]2O)C(O)C1O[C@H]1OC(CO)[C@@H](O)C(O)C1O. The molecule has 2 amide bonds. The van der Waals surface area contributed by atoms with Gasteiger partial charge in [0.15, 0.2) is 18.9 Å². The molecule has 20 heteroatoms. The first kappa shape index (κ1) is 38.0. The van der Waals surface area contributed by atoms with Gasteiger partial charge < -0.3 is 95.5 Å². The fourth-order valence-corrected chi connectivity index (χ4v) is 5.14. The summed E-state index contributed by atoms with van der Waals surface area (Å²) in [6, 6.07) is -0.473. The molecule has 3 aliphatic rings. The fourth-order valence-electron chi connectivity index (χ4n) is 5.14. The van der Waals surface area contributed by atoms with E-state index in [0.717, 1.165) is 0 Å². The third kappa shape index (κ3) is 9.36. The molecule has 264 valence electrons. The molecule has 0 saturated carbocycles. The van der Waals surface area contributed by atoms with E-state index in [-0.39, 0.29) is 13.2 Å². The number of nitrogens with one attached hydrogen (secondary N) is 2. The zero-order valence-corrected chi connectivity index (χ0v) is 24.7. The van der Waals surface area contributed by atoms with Crippen LogP contribution in [-0.2, 0) is 33.2 Å². The molecular formula is C25H47N3O17. The first-order valence-electron chi connectivity index (χ1n) is 14.6. The normalized spacial score (nSPS) is 42.3. The zero-order chi connectivity index (χ0) is 33.3. The number of rotatable bonds is 15. The standard InChI is InChI=1S/C25H47N3O17/c1-39-19-12(9-31)43-24(18(37)21(19)45-23-16(35)15(34)13(32)10(7-29)42-23)44-20-14(33)11(8-30)41-22(17(20)36)40-6-5-28-25(38)27-4-2-3-26/h10-24,29-37H,2-9,26H2,1H3,(H2,27,28,38)/t10?,11?,12?,13-,14-,15?,16?,17?,18?,19-,20?,21?,22+,23-,24-/m1/s1. The van der Waals surface area contributed by atoms with Crippen molar-refractivity contribution in [2.24, 2.45) is 5.73 Å². The number of amides is 2. The minimum Gasteiger partial charge on any atom is -0.394 e. The van der Waals surface area contributed by atoms with Crippen molar-refractivity contribution in [3.8, 4) is 0 Å². The van der Waals surface area contributed by atoms with Crippen LogP contribution in [0.4, 0.5) is 4.79 Å². The van der Waals surface area contributed by atoms with Crippen LogP contribution < -0.4 is 16.4 Å². The van der Waals surface area contributed by atoms with Crippen molar-refractivity contribution >= 4 is 6.03 Å². The Morgan fingerprint density at radius 1 is 0.667 bits per heavy atom. The molecule has 15 atom stereocenters. The lowest BCUT2D eigenvalue weighted by atomic mass is 9.96. The number of hydrogen-bond donors (Lipinski definition) is 12. The number of urea groups is 1. The number of carbonyl (C=O) groups is 1. The van der Waals surface area contributed by atoms with Gasteiger partial charge in [0, 0.05) is 20.2 Å².